The van der Waals surface area contributed by atoms with Crippen LogP contribution < -0.4 is 5.73 Å². The molecule has 0 rings (SSSR count). The van der Waals surface area contributed by atoms with Gasteiger partial charge in [0.15, 0.2) is 6.10 Å². The molecule has 0 amide bonds. The summed E-state index contributed by atoms with van der Waals surface area (Å²) in [5.41, 5.74) is 5.30. The van der Waals surface area contributed by atoms with Crippen molar-refractivity contribution in [3.63, 3.8) is 0 Å². The van der Waals surface area contributed by atoms with Gasteiger partial charge in [0, 0.05) is 12.8 Å². The van der Waals surface area contributed by atoms with Crippen LogP contribution >= 0.6 is 7.82 Å². The Morgan fingerprint density at radius 1 is 0.638 bits per heavy atom. The van der Waals surface area contributed by atoms with E-state index in [1.807, 2.05) is 6.08 Å². The molecule has 4 N–H and O–H groups in total. The molecular weight excluding hydrogens is 625 g/mol. The lowest BCUT2D eigenvalue weighted by Gasteiger charge is -2.20. The van der Waals surface area contributed by atoms with Crippen molar-refractivity contribution in [2.45, 2.75) is 174 Å². The van der Waals surface area contributed by atoms with Gasteiger partial charge in [-0.3, -0.25) is 23.4 Å². The lowest BCUT2D eigenvalue weighted by atomic mass is 10.1. The first-order valence-electron chi connectivity index (χ1n) is 18.2. The first kappa shape index (κ1) is 45.2. The van der Waals surface area contributed by atoms with Crippen molar-refractivity contribution in [3.8, 4) is 0 Å². The van der Waals surface area contributed by atoms with Crippen LogP contribution in [0, 0.1) is 0 Å². The summed E-state index contributed by atoms with van der Waals surface area (Å²) in [6.07, 6.45) is 27.4. The maximum Gasteiger partial charge on any atom is 0.472 e. The van der Waals surface area contributed by atoms with Crippen LogP contribution in [-0.2, 0) is 37.5 Å². The van der Waals surface area contributed by atoms with E-state index in [0.717, 1.165) is 32.1 Å². The van der Waals surface area contributed by atoms with E-state index in [2.05, 4.69) is 24.4 Å². The van der Waals surface area contributed by atoms with Gasteiger partial charge in [0.2, 0.25) is 0 Å². The minimum Gasteiger partial charge on any atom is -0.480 e. The van der Waals surface area contributed by atoms with Crippen molar-refractivity contribution < 1.29 is 47.5 Å². The molecule has 3 atom stereocenters. The van der Waals surface area contributed by atoms with Gasteiger partial charge in [-0.1, -0.05) is 135 Å². The van der Waals surface area contributed by atoms with Crippen LogP contribution in [0.5, 0.6) is 0 Å². The molecule has 0 aliphatic rings. The molecule has 0 aromatic rings. The second kappa shape index (κ2) is 31.5. The molecule has 0 aromatic heterocycles. The summed E-state index contributed by atoms with van der Waals surface area (Å²) in [6.45, 7) is 2.71. The van der Waals surface area contributed by atoms with E-state index in [9.17, 15) is 23.8 Å². The summed E-state index contributed by atoms with van der Waals surface area (Å²) >= 11 is 0. The molecule has 1 unspecified atom stereocenters. The summed E-state index contributed by atoms with van der Waals surface area (Å²) in [4.78, 5) is 45.5. The summed E-state index contributed by atoms with van der Waals surface area (Å²) in [6, 6.07) is -1.52. The number of carboxylic acid groups (broad SMARTS) is 1. The van der Waals surface area contributed by atoms with Gasteiger partial charge in [-0.2, -0.15) is 0 Å². The third-order valence-corrected chi connectivity index (χ3v) is 8.73. The molecule has 0 aromatic carbocycles. The number of carboxylic acids is 1. The number of ether oxygens (including phenoxy) is 2. The molecule has 0 saturated heterocycles. The SMILES string of the molecule is CCCCCCCCCCCCC/C=C/CCC(=O)O[C@@H](COC(=O)CCCCCCCCCC)COP(=O)(O)OC[C@H](N)C(=O)O. The molecule has 0 aliphatic carbocycles. The molecule has 0 spiro atoms. The summed E-state index contributed by atoms with van der Waals surface area (Å²) in [5.74, 6) is -2.44. The second-order valence-electron chi connectivity index (χ2n) is 12.4. The number of carbonyl (C=O) groups is 3. The molecular formula is C35H66NO10P. The summed E-state index contributed by atoms with van der Waals surface area (Å²) < 4.78 is 32.4. The number of hydrogen-bond acceptors (Lipinski definition) is 9. The van der Waals surface area contributed by atoms with Crippen molar-refractivity contribution in [1.82, 2.24) is 0 Å². The predicted molar refractivity (Wildman–Crippen MR) is 185 cm³/mol. The topological polar surface area (TPSA) is 172 Å². The number of carbonyl (C=O) groups excluding carboxylic acids is 2. The Morgan fingerprint density at radius 2 is 1.11 bits per heavy atom. The normalized spacial score (nSPS) is 14.1. The monoisotopic (exact) mass is 691 g/mol. The highest BCUT2D eigenvalue weighted by Crippen LogP contribution is 2.43. The lowest BCUT2D eigenvalue weighted by molar-refractivity contribution is -0.161. The minimum atomic E-state index is -4.71. The van der Waals surface area contributed by atoms with E-state index in [-0.39, 0.29) is 19.4 Å². The molecule has 0 heterocycles. The van der Waals surface area contributed by atoms with Crippen LogP contribution in [0.1, 0.15) is 162 Å². The molecule has 0 saturated carbocycles. The van der Waals surface area contributed by atoms with E-state index >= 15 is 0 Å². The summed E-state index contributed by atoms with van der Waals surface area (Å²) in [5, 5.41) is 8.83. The van der Waals surface area contributed by atoms with Gasteiger partial charge in [0.1, 0.15) is 12.6 Å². The number of esters is 2. The molecule has 47 heavy (non-hydrogen) atoms. The van der Waals surface area contributed by atoms with Crippen LogP contribution in [0.15, 0.2) is 12.2 Å². The highest BCUT2D eigenvalue weighted by Gasteiger charge is 2.28. The number of allylic oxidation sites excluding steroid dienone is 2. The first-order chi connectivity index (χ1) is 22.6. The number of aliphatic carboxylic acids is 1. The second-order valence-corrected chi connectivity index (χ2v) is 13.8. The number of phosphoric ester groups is 1. The zero-order valence-corrected chi connectivity index (χ0v) is 30.3. The Labute approximate surface area is 284 Å². The largest absolute Gasteiger partial charge is 0.480 e. The van der Waals surface area contributed by atoms with Gasteiger partial charge in [0.05, 0.1) is 13.2 Å². The maximum absolute atomic E-state index is 12.5. The van der Waals surface area contributed by atoms with Crippen molar-refractivity contribution >= 4 is 25.7 Å². The fourth-order valence-corrected chi connectivity index (χ4v) is 5.62. The van der Waals surface area contributed by atoms with Crippen molar-refractivity contribution in [3.05, 3.63) is 12.2 Å². The third-order valence-electron chi connectivity index (χ3n) is 7.78. The van der Waals surface area contributed by atoms with Gasteiger partial charge < -0.3 is 25.2 Å². The van der Waals surface area contributed by atoms with Crippen LogP contribution in [0.4, 0.5) is 0 Å². The van der Waals surface area contributed by atoms with E-state index in [4.69, 9.17) is 24.8 Å². The molecule has 0 fully saturated rings. The molecule has 0 bridgehead atoms. The minimum absolute atomic E-state index is 0.0816. The van der Waals surface area contributed by atoms with Gasteiger partial charge in [0.25, 0.3) is 0 Å². The van der Waals surface area contributed by atoms with Crippen molar-refractivity contribution in [2.24, 2.45) is 5.73 Å². The summed E-state index contributed by atoms with van der Waals surface area (Å²) in [7, 11) is -4.71. The first-order valence-corrected chi connectivity index (χ1v) is 19.7. The Bertz CT molecular complexity index is 869. The van der Waals surface area contributed by atoms with E-state index in [1.54, 1.807) is 0 Å². The third kappa shape index (κ3) is 31.3. The zero-order chi connectivity index (χ0) is 35.0. The quantitative estimate of drug-likeness (QED) is 0.0255. The van der Waals surface area contributed by atoms with Crippen LogP contribution in [0.3, 0.4) is 0 Å². The number of rotatable bonds is 34. The standard InChI is InChI=1S/C35H66NO10P/c1-3-5-7-9-11-13-14-15-16-17-18-19-21-23-25-27-34(38)46-31(29-44-47(41,42)45-30-32(36)35(39)40)28-43-33(37)26-24-22-20-12-10-8-6-4-2/h21,23,31-32H,3-20,22,24-30,36H2,1-2H3,(H,39,40)(H,41,42)/b23-21+/t31-,32-/m0/s1. The Morgan fingerprint density at radius 3 is 1.64 bits per heavy atom. The van der Waals surface area contributed by atoms with Gasteiger partial charge in [-0.05, 0) is 25.7 Å². The van der Waals surface area contributed by atoms with Gasteiger partial charge in [-0.25, -0.2) is 4.57 Å². The highest BCUT2D eigenvalue weighted by atomic mass is 31.2. The highest BCUT2D eigenvalue weighted by molar-refractivity contribution is 7.47. The number of unbranched alkanes of at least 4 members (excludes halogenated alkanes) is 18. The van der Waals surface area contributed by atoms with Crippen LogP contribution in [0.25, 0.3) is 0 Å². The van der Waals surface area contributed by atoms with Crippen LogP contribution in [0.2, 0.25) is 0 Å². The van der Waals surface area contributed by atoms with Gasteiger partial charge >= 0.3 is 25.7 Å². The fraction of sp³-hybridized carbons (Fsp3) is 0.857. The number of phosphoric acid groups is 1. The smallest absolute Gasteiger partial charge is 0.472 e. The predicted octanol–water partition coefficient (Wildman–Crippen LogP) is 8.56. The fourth-order valence-electron chi connectivity index (χ4n) is 4.85. The van der Waals surface area contributed by atoms with E-state index < -0.39 is 51.1 Å². The number of hydrogen-bond donors (Lipinski definition) is 3. The van der Waals surface area contributed by atoms with Crippen LogP contribution in [-0.4, -0.2) is 59.9 Å². The van der Waals surface area contributed by atoms with E-state index in [0.29, 0.717) is 12.8 Å². The molecule has 276 valence electrons. The Balaban J connectivity index is 4.47. The molecule has 11 nitrogen and oxygen atoms in total. The molecule has 12 heteroatoms. The van der Waals surface area contributed by atoms with Crippen molar-refractivity contribution in [2.75, 3.05) is 19.8 Å². The number of nitrogens with two attached hydrogens (primary N) is 1. The van der Waals surface area contributed by atoms with Crippen molar-refractivity contribution in [1.29, 1.82) is 0 Å². The average molecular weight is 692 g/mol. The maximum atomic E-state index is 12.5. The van der Waals surface area contributed by atoms with E-state index in [1.165, 1.54) is 89.9 Å². The Kier molecular flexibility index (Phi) is 30.3. The average Bonchev–Trinajstić information content (AvgIpc) is 3.04. The van der Waals surface area contributed by atoms with Gasteiger partial charge in [-0.15, -0.1) is 0 Å². The molecule has 0 radical (unpaired) electrons. The Hall–Kier alpha value is -1.78. The lowest BCUT2D eigenvalue weighted by Crippen LogP contribution is -2.34. The molecule has 0 aliphatic heterocycles. The zero-order valence-electron chi connectivity index (χ0n) is 29.4.